The second-order valence-electron chi connectivity index (χ2n) is 8.35. The van der Waals surface area contributed by atoms with Crippen molar-refractivity contribution in [3.8, 4) is 11.5 Å². The van der Waals surface area contributed by atoms with E-state index in [1.165, 1.54) is 26.4 Å². The quantitative estimate of drug-likeness (QED) is 0.272. The van der Waals surface area contributed by atoms with Gasteiger partial charge in [0.15, 0.2) is 5.54 Å². The molecular weight excluding hydrogens is 480 g/mol. The lowest BCUT2D eigenvalue weighted by molar-refractivity contribution is -0.384. The van der Waals surface area contributed by atoms with Crippen LogP contribution in [0.25, 0.3) is 0 Å². The summed E-state index contributed by atoms with van der Waals surface area (Å²) < 4.78 is 10.4. The topological polar surface area (TPSA) is 140 Å². The van der Waals surface area contributed by atoms with E-state index in [4.69, 9.17) is 9.47 Å². The maximum absolute atomic E-state index is 13.8. The number of benzene rings is 3. The summed E-state index contributed by atoms with van der Waals surface area (Å²) in [5.41, 5.74) is -0.405. The summed E-state index contributed by atoms with van der Waals surface area (Å²) in [7, 11) is 3.02. The number of carbonyl (C=O) groups excluding carboxylic acids is 3. The lowest BCUT2D eigenvalue weighted by Gasteiger charge is -2.28. The number of amides is 4. The predicted molar refractivity (Wildman–Crippen MR) is 133 cm³/mol. The largest absolute Gasteiger partial charge is 0.497 e. The van der Waals surface area contributed by atoms with Gasteiger partial charge in [-0.15, -0.1) is 0 Å². The Hall–Kier alpha value is -4.93. The number of methoxy groups -OCH3 is 2. The zero-order valence-electron chi connectivity index (χ0n) is 20.3. The van der Waals surface area contributed by atoms with E-state index >= 15 is 0 Å². The molecule has 0 bridgehead atoms. The highest BCUT2D eigenvalue weighted by atomic mass is 16.6. The van der Waals surface area contributed by atoms with Gasteiger partial charge in [0.1, 0.15) is 23.7 Å². The molecule has 0 radical (unpaired) electrons. The molecule has 0 atom stereocenters. The molecule has 11 heteroatoms. The second-order valence-corrected chi connectivity index (χ2v) is 8.35. The van der Waals surface area contributed by atoms with E-state index in [0.717, 1.165) is 4.90 Å². The Morgan fingerprint density at radius 3 is 2.00 bits per heavy atom. The molecular formula is C26H24N4O7. The molecule has 1 fully saturated rings. The van der Waals surface area contributed by atoms with Crippen LogP contribution >= 0.6 is 0 Å². The summed E-state index contributed by atoms with van der Waals surface area (Å²) in [6.07, 6.45) is 0. The van der Waals surface area contributed by atoms with Gasteiger partial charge in [0.2, 0.25) is 5.91 Å². The predicted octanol–water partition coefficient (Wildman–Crippen LogP) is 3.35. The van der Waals surface area contributed by atoms with Gasteiger partial charge < -0.3 is 20.1 Å². The fraction of sp³-hybridized carbons (Fsp3) is 0.192. The molecule has 0 aromatic heterocycles. The SMILES string of the molecule is COc1ccc(C2(c3ccc(OC)cc3)NC(=O)N(CC(=O)Nc3ccc(C)cc3[N+](=O)[O-])C2=O)cc1. The number of anilines is 1. The van der Waals surface area contributed by atoms with Crippen molar-refractivity contribution in [3.63, 3.8) is 0 Å². The number of hydrogen-bond acceptors (Lipinski definition) is 7. The summed E-state index contributed by atoms with van der Waals surface area (Å²) in [4.78, 5) is 51.3. The van der Waals surface area contributed by atoms with Crippen molar-refractivity contribution in [2.24, 2.45) is 0 Å². The molecule has 3 aromatic rings. The molecule has 11 nitrogen and oxygen atoms in total. The number of nitrogens with one attached hydrogen (secondary N) is 2. The molecule has 1 aliphatic heterocycles. The zero-order chi connectivity index (χ0) is 26.7. The van der Waals surface area contributed by atoms with Crippen LogP contribution in [0.1, 0.15) is 16.7 Å². The minimum atomic E-state index is -1.62. The number of nitrogens with zero attached hydrogens (tertiary/aromatic N) is 2. The normalized spacial score (nSPS) is 14.2. The van der Waals surface area contributed by atoms with Gasteiger partial charge in [-0.2, -0.15) is 0 Å². The van der Waals surface area contributed by atoms with Gasteiger partial charge in [-0.05, 0) is 53.9 Å². The third kappa shape index (κ3) is 4.66. The second kappa shape index (κ2) is 9.97. The fourth-order valence-electron chi connectivity index (χ4n) is 4.19. The molecule has 2 N–H and O–H groups in total. The van der Waals surface area contributed by atoms with Gasteiger partial charge in [-0.1, -0.05) is 30.3 Å². The Bertz CT molecular complexity index is 1320. The van der Waals surface area contributed by atoms with E-state index in [1.807, 2.05) is 0 Å². The number of nitro groups is 1. The van der Waals surface area contributed by atoms with Crippen molar-refractivity contribution in [1.82, 2.24) is 10.2 Å². The number of hydrogen-bond donors (Lipinski definition) is 2. The van der Waals surface area contributed by atoms with Crippen LogP contribution in [0.5, 0.6) is 11.5 Å². The molecule has 4 rings (SSSR count). The van der Waals surface area contributed by atoms with Crippen molar-refractivity contribution in [3.05, 3.63) is 93.5 Å². The van der Waals surface area contributed by atoms with Crippen LogP contribution in [0.15, 0.2) is 66.7 Å². The molecule has 1 saturated heterocycles. The minimum Gasteiger partial charge on any atom is -0.497 e. The number of imide groups is 1. The van der Waals surface area contributed by atoms with Crippen molar-refractivity contribution in [2.45, 2.75) is 12.5 Å². The van der Waals surface area contributed by atoms with Crippen molar-refractivity contribution in [1.29, 1.82) is 0 Å². The average molecular weight is 504 g/mol. The lowest BCUT2D eigenvalue weighted by Crippen LogP contribution is -2.45. The highest BCUT2D eigenvalue weighted by Gasteiger charge is 2.54. The average Bonchev–Trinajstić information content (AvgIpc) is 3.15. The molecule has 1 heterocycles. The first-order valence-corrected chi connectivity index (χ1v) is 11.2. The number of carbonyl (C=O) groups is 3. The molecule has 0 saturated carbocycles. The molecule has 37 heavy (non-hydrogen) atoms. The van der Waals surface area contributed by atoms with Crippen LogP contribution in [-0.4, -0.2) is 48.4 Å². The summed E-state index contributed by atoms with van der Waals surface area (Å²) in [5, 5.41) is 16.6. The Kier molecular flexibility index (Phi) is 6.79. The van der Waals surface area contributed by atoms with Crippen LogP contribution in [0.2, 0.25) is 0 Å². The lowest BCUT2D eigenvalue weighted by atomic mass is 9.82. The Morgan fingerprint density at radius 2 is 1.51 bits per heavy atom. The van der Waals surface area contributed by atoms with E-state index in [9.17, 15) is 24.5 Å². The molecule has 190 valence electrons. The van der Waals surface area contributed by atoms with Crippen LogP contribution < -0.4 is 20.1 Å². The highest BCUT2D eigenvalue weighted by molar-refractivity contribution is 6.12. The first-order valence-electron chi connectivity index (χ1n) is 11.2. The number of urea groups is 1. The molecule has 0 unspecified atom stereocenters. The van der Waals surface area contributed by atoms with Crippen molar-refractivity contribution >= 4 is 29.2 Å². The summed E-state index contributed by atoms with van der Waals surface area (Å²) in [6, 6.07) is 16.8. The highest BCUT2D eigenvalue weighted by Crippen LogP contribution is 2.37. The van der Waals surface area contributed by atoms with E-state index < -0.39 is 34.9 Å². The number of nitro benzene ring substituents is 1. The number of ether oxygens (including phenoxy) is 2. The monoisotopic (exact) mass is 504 g/mol. The summed E-state index contributed by atoms with van der Waals surface area (Å²) in [6.45, 7) is 1.04. The molecule has 3 aromatic carbocycles. The van der Waals surface area contributed by atoms with Gasteiger partial charge in [0.25, 0.3) is 11.6 Å². The number of rotatable bonds is 8. The van der Waals surface area contributed by atoms with Gasteiger partial charge in [0.05, 0.1) is 19.1 Å². The van der Waals surface area contributed by atoms with E-state index in [2.05, 4.69) is 10.6 Å². The standard InChI is InChI=1S/C26H24N4O7/c1-16-4-13-21(22(14-16)30(34)35)27-23(31)15-29-24(32)26(28-25(29)33,17-5-9-19(36-2)10-6-17)18-7-11-20(37-3)12-8-18/h4-14H,15H2,1-3H3,(H,27,31)(H,28,33). The van der Waals surface area contributed by atoms with E-state index in [0.29, 0.717) is 28.2 Å². The third-order valence-electron chi connectivity index (χ3n) is 6.08. The zero-order valence-corrected chi connectivity index (χ0v) is 20.3. The number of aryl methyl sites for hydroxylation is 1. The van der Waals surface area contributed by atoms with E-state index in [-0.39, 0.29) is 11.4 Å². The van der Waals surface area contributed by atoms with Crippen molar-refractivity contribution < 1.29 is 28.8 Å². The van der Waals surface area contributed by atoms with Gasteiger partial charge in [-0.25, -0.2) is 4.79 Å². The molecule has 4 amide bonds. The van der Waals surface area contributed by atoms with Gasteiger partial charge >= 0.3 is 6.03 Å². The van der Waals surface area contributed by atoms with Crippen molar-refractivity contribution in [2.75, 3.05) is 26.1 Å². The Balaban J connectivity index is 1.67. The molecule has 0 spiro atoms. The van der Waals surface area contributed by atoms with Gasteiger partial charge in [0, 0.05) is 6.07 Å². The Labute approximate surface area is 212 Å². The van der Waals surface area contributed by atoms with Gasteiger partial charge in [-0.3, -0.25) is 24.6 Å². The summed E-state index contributed by atoms with van der Waals surface area (Å²) >= 11 is 0. The van der Waals surface area contributed by atoms with Crippen LogP contribution in [0, 0.1) is 17.0 Å². The fourth-order valence-corrected chi connectivity index (χ4v) is 4.19. The molecule has 0 aliphatic carbocycles. The van der Waals surface area contributed by atoms with Crippen LogP contribution in [0.4, 0.5) is 16.2 Å². The van der Waals surface area contributed by atoms with Crippen LogP contribution in [0.3, 0.4) is 0 Å². The first kappa shape index (κ1) is 25.2. The minimum absolute atomic E-state index is 0.0378. The Morgan fingerprint density at radius 1 is 0.973 bits per heavy atom. The third-order valence-corrected chi connectivity index (χ3v) is 6.08. The molecule has 1 aliphatic rings. The smallest absolute Gasteiger partial charge is 0.326 e. The maximum Gasteiger partial charge on any atom is 0.326 e. The van der Waals surface area contributed by atoms with Crippen LogP contribution in [-0.2, 0) is 15.1 Å². The summed E-state index contributed by atoms with van der Waals surface area (Å²) in [5.74, 6) is -0.334. The van der Waals surface area contributed by atoms with E-state index in [1.54, 1.807) is 61.5 Å². The maximum atomic E-state index is 13.8. The first-order chi connectivity index (χ1) is 17.7.